The molecule has 0 saturated heterocycles. The highest BCUT2D eigenvalue weighted by atomic mass is 19.1. The minimum Gasteiger partial charge on any atom is -0.306 e. The van der Waals surface area contributed by atoms with Crippen molar-refractivity contribution in [2.75, 3.05) is 0 Å². The third-order valence-electron chi connectivity index (χ3n) is 4.58. The van der Waals surface area contributed by atoms with E-state index in [1.165, 1.54) is 6.07 Å². The van der Waals surface area contributed by atoms with E-state index >= 15 is 0 Å². The van der Waals surface area contributed by atoms with Crippen LogP contribution in [-0.4, -0.2) is 29.0 Å². The predicted octanol–water partition coefficient (Wildman–Crippen LogP) is 3.86. The molecule has 0 fully saturated rings. The van der Waals surface area contributed by atoms with Crippen molar-refractivity contribution < 1.29 is 4.39 Å². The van der Waals surface area contributed by atoms with Crippen LogP contribution in [0.25, 0.3) is 33.9 Å². The van der Waals surface area contributed by atoms with Gasteiger partial charge in [-0.1, -0.05) is 12.1 Å². The molecule has 0 aliphatic heterocycles. The lowest BCUT2D eigenvalue weighted by molar-refractivity contribution is 0.631. The Kier molecular flexibility index (Phi) is 3.30. The summed E-state index contributed by atoms with van der Waals surface area (Å²) in [4.78, 5) is 13.5. The molecular weight excluding hydrogens is 343 g/mol. The zero-order chi connectivity index (χ0) is 18.5. The van der Waals surface area contributed by atoms with Gasteiger partial charge in [-0.3, -0.25) is 4.98 Å². The number of hydrogen-bond donors (Lipinski definition) is 0. The largest absolute Gasteiger partial charge is 0.306 e. The summed E-state index contributed by atoms with van der Waals surface area (Å²) >= 11 is 0. The molecule has 0 atom stereocenters. The van der Waals surface area contributed by atoms with Gasteiger partial charge in [0.05, 0.1) is 17.1 Å². The van der Waals surface area contributed by atoms with Gasteiger partial charge in [0, 0.05) is 29.7 Å². The first-order valence-electron chi connectivity index (χ1n) is 8.53. The van der Waals surface area contributed by atoms with E-state index in [0.717, 1.165) is 22.6 Å². The minimum absolute atomic E-state index is 0.290. The number of imidazole rings is 1. The summed E-state index contributed by atoms with van der Waals surface area (Å²) < 4.78 is 17.7. The van der Waals surface area contributed by atoms with Crippen LogP contribution in [0.15, 0.2) is 55.0 Å². The van der Waals surface area contributed by atoms with E-state index < -0.39 is 0 Å². The topological polar surface area (TPSA) is 60.4 Å². The molecule has 0 saturated carbocycles. The molecular formula is C20H15FN6. The van der Waals surface area contributed by atoms with Crippen molar-refractivity contribution in [3.8, 4) is 22.6 Å². The Labute approximate surface area is 154 Å². The summed E-state index contributed by atoms with van der Waals surface area (Å²) in [6.45, 7) is 3.85. The van der Waals surface area contributed by atoms with Gasteiger partial charge in [-0.05, 0) is 38.1 Å². The van der Waals surface area contributed by atoms with E-state index in [4.69, 9.17) is 0 Å². The second-order valence-corrected chi connectivity index (χ2v) is 6.44. The maximum Gasteiger partial charge on any atom is 0.182 e. The fourth-order valence-electron chi connectivity index (χ4n) is 3.14. The number of aryl methyl sites for hydroxylation is 2. The molecule has 0 aliphatic carbocycles. The molecule has 4 aromatic heterocycles. The predicted molar refractivity (Wildman–Crippen MR) is 99.8 cm³/mol. The van der Waals surface area contributed by atoms with Crippen LogP contribution in [0, 0.1) is 19.7 Å². The highest BCUT2D eigenvalue weighted by molar-refractivity contribution is 5.68. The van der Waals surface area contributed by atoms with Crippen LogP contribution in [-0.2, 0) is 0 Å². The molecule has 1 aromatic carbocycles. The van der Waals surface area contributed by atoms with Crippen LogP contribution >= 0.6 is 0 Å². The molecule has 5 aromatic rings. The molecule has 0 bridgehead atoms. The quantitative estimate of drug-likeness (QED) is 0.481. The Morgan fingerprint density at radius 2 is 1.89 bits per heavy atom. The molecule has 0 amide bonds. The highest BCUT2D eigenvalue weighted by Gasteiger charge is 2.13. The van der Waals surface area contributed by atoms with Crippen molar-refractivity contribution in [1.29, 1.82) is 0 Å². The number of nitrogens with zero attached hydrogens (tertiary/aromatic N) is 6. The lowest BCUT2D eigenvalue weighted by Crippen LogP contribution is -1.97. The summed E-state index contributed by atoms with van der Waals surface area (Å²) in [6, 6.07) is 10.4. The Balaban J connectivity index is 1.64. The van der Waals surface area contributed by atoms with E-state index in [2.05, 4.69) is 20.1 Å². The van der Waals surface area contributed by atoms with Crippen LogP contribution in [0.3, 0.4) is 0 Å². The molecule has 7 heteroatoms. The summed E-state index contributed by atoms with van der Waals surface area (Å²) in [5.74, 6) is 0.314. The average Bonchev–Trinajstić information content (AvgIpc) is 3.29. The number of hydrogen-bond acceptors (Lipinski definition) is 4. The molecule has 0 spiro atoms. The third-order valence-corrected chi connectivity index (χ3v) is 4.58. The maximum atomic E-state index is 14.1. The Morgan fingerprint density at radius 1 is 1.04 bits per heavy atom. The average molecular weight is 358 g/mol. The lowest BCUT2D eigenvalue weighted by Gasteiger charge is -1.98. The van der Waals surface area contributed by atoms with Crippen molar-refractivity contribution in [2.24, 2.45) is 0 Å². The van der Waals surface area contributed by atoms with E-state index in [0.29, 0.717) is 22.7 Å². The molecule has 0 N–H and O–H groups in total. The number of halogens is 1. The van der Waals surface area contributed by atoms with Gasteiger partial charge in [-0.25, -0.2) is 18.9 Å². The van der Waals surface area contributed by atoms with Crippen molar-refractivity contribution in [1.82, 2.24) is 29.0 Å². The zero-order valence-electron chi connectivity index (χ0n) is 14.8. The van der Waals surface area contributed by atoms with Crippen LogP contribution < -0.4 is 0 Å². The summed E-state index contributed by atoms with van der Waals surface area (Å²) in [6.07, 6.45) is 5.47. The standard InChI is InChI=1S/C20H15FN6/c1-12-10-22-13(2)20-24-19(25-27(12)20)14-7-8-26-11-17(23-18(26)9-14)15-5-3-4-6-16(15)21/h3-11H,1-2H3. The number of rotatable bonds is 2. The number of aromatic nitrogens is 6. The molecule has 0 radical (unpaired) electrons. The second-order valence-electron chi connectivity index (χ2n) is 6.44. The lowest BCUT2D eigenvalue weighted by atomic mass is 10.1. The maximum absolute atomic E-state index is 14.1. The van der Waals surface area contributed by atoms with E-state index in [1.807, 2.05) is 42.8 Å². The van der Waals surface area contributed by atoms with Gasteiger partial charge in [0.25, 0.3) is 0 Å². The smallest absolute Gasteiger partial charge is 0.182 e. The normalized spacial score (nSPS) is 11.5. The molecule has 132 valence electrons. The fourth-order valence-corrected chi connectivity index (χ4v) is 3.14. The summed E-state index contributed by atoms with van der Waals surface area (Å²) in [5.41, 5.74) is 5.09. The van der Waals surface area contributed by atoms with Crippen molar-refractivity contribution >= 4 is 11.3 Å². The zero-order valence-corrected chi connectivity index (χ0v) is 14.8. The second kappa shape index (κ2) is 5.70. The molecule has 4 heterocycles. The van der Waals surface area contributed by atoms with Crippen molar-refractivity contribution in [2.45, 2.75) is 13.8 Å². The Bertz CT molecular complexity index is 1280. The summed E-state index contributed by atoms with van der Waals surface area (Å²) in [5, 5.41) is 4.60. The molecule has 5 rings (SSSR count). The van der Waals surface area contributed by atoms with Gasteiger partial charge >= 0.3 is 0 Å². The molecule has 0 aliphatic rings. The van der Waals surface area contributed by atoms with Crippen LogP contribution in [0.2, 0.25) is 0 Å². The van der Waals surface area contributed by atoms with Crippen LogP contribution in [0.5, 0.6) is 0 Å². The van der Waals surface area contributed by atoms with Gasteiger partial charge in [-0.15, -0.1) is 5.10 Å². The number of pyridine rings is 1. The molecule has 0 unspecified atom stereocenters. The highest BCUT2D eigenvalue weighted by Crippen LogP contribution is 2.24. The van der Waals surface area contributed by atoms with Gasteiger partial charge in [-0.2, -0.15) is 0 Å². The van der Waals surface area contributed by atoms with Gasteiger partial charge < -0.3 is 4.40 Å². The first-order valence-corrected chi connectivity index (χ1v) is 8.53. The number of fused-ring (bicyclic) bond motifs is 2. The van der Waals surface area contributed by atoms with E-state index in [-0.39, 0.29) is 5.82 Å². The van der Waals surface area contributed by atoms with E-state index in [1.54, 1.807) is 28.9 Å². The Morgan fingerprint density at radius 3 is 2.70 bits per heavy atom. The monoisotopic (exact) mass is 358 g/mol. The molecule has 27 heavy (non-hydrogen) atoms. The third kappa shape index (κ3) is 2.47. The van der Waals surface area contributed by atoms with Crippen LogP contribution in [0.1, 0.15) is 11.4 Å². The minimum atomic E-state index is -0.290. The van der Waals surface area contributed by atoms with Crippen molar-refractivity contribution in [3.63, 3.8) is 0 Å². The SMILES string of the molecule is Cc1ncc(C)n2nc(-c3ccn4cc(-c5ccccc5F)nc4c3)nc12. The molecule has 6 nitrogen and oxygen atoms in total. The van der Waals surface area contributed by atoms with Gasteiger partial charge in [0.1, 0.15) is 11.5 Å². The Hall–Kier alpha value is -3.61. The fraction of sp³-hybridized carbons (Fsp3) is 0.100. The van der Waals surface area contributed by atoms with E-state index in [9.17, 15) is 4.39 Å². The number of benzene rings is 1. The van der Waals surface area contributed by atoms with Gasteiger partial charge in [0.15, 0.2) is 11.5 Å². The first kappa shape index (κ1) is 15.6. The van der Waals surface area contributed by atoms with Gasteiger partial charge in [0.2, 0.25) is 0 Å². The van der Waals surface area contributed by atoms with Crippen molar-refractivity contribution in [3.05, 3.63) is 72.2 Å². The first-order chi connectivity index (χ1) is 13.1. The van der Waals surface area contributed by atoms with Crippen LogP contribution in [0.4, 0.5) is 4.39 Å². The summed E-state index contributed by atoms with van der Waals surface area (Å²) in [7, 11) is 0.